The minimum absolute atomic E-state index is 0.166. The van der Waals surface area contributed by atoms with Gasteiger partial charge in [-0.15, -0.1) is 0 Å². The lowest BCUT2D eigenvalue weighted by atomic mass is 10.3. The van der Waals surface area contributed by atoms with Crippen molar-refractivity contribution in [2.75, 3.05) is 5.32 Å². The zero-order chi connectivity index (χ0) is 12.4. The monoisotopic (exact) mass is 365 g/mol. The Hall–Kier alpha value is -0.880. The number of furan rings is 1. The van der Waals surface area contributed by atoms with Gasteiger partial charge < -0.3 is 9.73 Å². The summed E-state index contributed by atoms with van der Waals surface area (Å²) in [4.78, 5) is 0. The van der Waals surface area contributed by atoms with E-state index >= 15 is 0 Å². The first-order valence-electron chi connectivity index (χ1n) is 4.69. The third-order valence-corrected chi connectivity index (χ3v) is 2.96. The SMILES string of the molecule is Fc1cc(Br)cc(F)c1NCc1ccc(Br)o1. The molecule has 0 unspecified atom stereocenters. The molecular formula is C11H7Br2F2NO. The van der Waals surface area contributed by atoms with Crippen molar-refractivity contribution in [2.24, 2.45) is 0 Å². The highest BCUT2D eigenvalue weighted by Crippen LogP contribution is 2.24. The molecule has 0 aliphatic heterocycles. The summed E-state index contributed by atoms with van der Waals surface area (Å²) in [5.41, 5.74) is -0.166. The minimum Gasteiger partial charge on any atom is -0.452 e. The summed E-state index contributed by atoms with van der Waals surface area (Å²) in [7, 11) is 0. The summed E-state index contributed by atoms with van der Waals surface area (Å²) in [6.07, 6.45) is 0. The summed E-state index contributed by atoms with van der Waals surface area (Å²) < 4.78 is 33.0. The Morgan fingerprint density at radius 3 is 2.29 bits per heavy atom. The number of hydrogen-bond donors (Lipinski definition) is 1. The van der Waals surface area contributed by atoms with Gasteiger partial charge in [0.25, 0.3) is 0 Å². The van der Waals surface area contributed by atoms with Gasteiger partial charge in [-0.25, -0.2) is 8.78 Å². The molecule has 90 valence electrons. The van der Waals surface area contributed by atoms with Gasteiger partial charge in [-0.1, -0.05) is 15.9 Å². The average molecular weight is 367 g/mol. The summed E-state index contributed by atoms with van der Waals surface area (Å²) in [6, 6.07) is 5.82. The van der Waals surface area contributed by atoms with Crippen molar-refractivity contribution >= 4 is 37.5 Å². The molecular weight excluding hydrogens is 360 g/mol. The standard InChI is InChI=1S/C11H7Br2F2NO/c12-6-3-8(14)11(9(15)4-6)16-5-7-1-2-10(13)17-7/h1-4,16H,5H2. The van der Waals surface area contributed by atoms with Crippen molar-refractivity contribution in [3.05, 3.63) is 50.8 Å². The van der Waals surface area contributed by atoms with Crippen LogP contribution < -0.4 is 5.32 Å². The predicted octanol–water partition coefficient (Wildman–Crippen LogP) is 4.69. The van der Waals surface area contributed by atoms with E-state index in [1.54, 1.807) is 12.1 Å². The molecule has 1 aromatic heterocycles. The van der Waals surface area contributed by atoms with Crippen LogP contribution in [0.4, 0.5) is 14.5 Å². The summed E-state index contributed by atoms with van der Waals surface area (Å²) in [5.74, 6) is -0.719. The van der Waals surface area contributed by atoms with Gasteiger partial charge in [0.1, 0.15) is 23.1 Å². The number of benzene rings is 1. The summed E-state index contributed by atoms with van der Waals surface area (Å²) >= 11 is 6.16. The molecule has 1 N–H and O–H groups in total. The molecule has 0 aliphatic carbocycles. The number of hydrogen-bond acceptors (Lipinski definition) is 2. The van der Waals surface area contributed by atoms with E-state index in [0.717, 1.165) is 0 Å². The highest BCUT2D eigenvalue weighted by molar-refractivity contribution is 9.10. The molecule has 6 heteroatoms. The van der Waals surface area contributed by atoms with Crippen molar-refractivity contribution in [2.45, 2.75) is 6.54 Å². The molecule has 0 fully saturated rings. The number of nitrogens with one attached hydrogen (secondary N) is 1. The molecule has 1 aromatic carbocycles. The molecule has 2 rings (SSSR count). The van der Waals surface area contributed by atoms with Gasteiger partial charge in [0.15, 0.2) is 4.67 Å². The van der Waals surface area contributed by atoms with Crippen LogP contribution in [-0.2, 0) is 6.54 Å². The predicted molar refractivity (Wildman–Crippen MR) is 67.8 cm³/mol. The Balaban J connectivity index is 2.14. The van der Waals surface area contributed by atoms with Gasteiger partial charge in [0.05, 0.1) is 6.54 Å². The van der Waals surface area contributed by atoms with E-state index in [9.17, 15) is 8.78 Å². The van der Waals surface area contributed by atoms with E-state index in [-0.39, 0.29) is 12.2 Å². The van der Waals surface area contributed by atoms with E-state index in [1.807, 2.05) is 0 Å². The second-order valence-electron chi connectivity index (χ2n) is 3.30. The van der Waals surface area contributed by atoms with Crippen LogP contribution in [0.5, 0.6) is 0 Å². The van der Waals surface area contributed by atoms with E-state index < -0.39 is 11.6 Å². The maximum Gasteiger partial charge on any atom is 0.169 e. The Labute approximate surface area is 113 Å². The highest BCUT2D eigenvalue weighted by atomic mass is 79.9. The smallest absolute Gasteiger partial charge is 0.169 e. The second-order valence-corrected chi connectivity index (χ2v) is 5.00. The topological polar surface area (TPSA) is 25.2 Å². The quantitative estimate of drug-likeness (QED) is 0.852. The third kappa shape index (κ3) is 3.07. The normalized spacial score (nSPS) is 10.6. The summed E-state index contributed by atoms with van der Waals surface area (Å²) in [5, 5.41) is 2.65. The number of anilines is 1. The molecule has 0 radical (unpaired) electrons. The maximum absolute atomic E-state index is 13.4. The lowest BCUT2D eigenvalue weighted by Gasteiger charge is -2.07. The van der Waals surface area contributed by atoms with Crippen LogP contribution in [0.1, 0.15) is 5.76 Å². The van der Waals surface area contributed by atoms with Crippen molar-refractivity contribution in [3.8, 4) is 0 Å². The summed E-state index contributed by atoms with van der Waals surface area (Å²) in [6.45, 7) is 0.209. The molecule has 0 amide bonds. The van der Waals surface area contributed by atoms with E-state index in [0.29, 0.717) is 14.9 Å². The van der Waals surface area contributed by atoms with Crippen molar-refractivity contribution in [1.82, 2.24) is 0 Å². The first kappa shape index (κ1) is 12.6. The average Bonchev–Trinajstić information content (AvgIpc) is 2.62. The molecule has 0 bridgehead atoms. The molecule has 0 atom stereocenters. The maximum atomic E-state index is 13.4. The fourth-order valence-corrected chi connectivity index (χ4v) is 2.08. The fourth-order valence-electron chi connectivity index (χ4n) is 1.33. The van der Waals surface area contributed by atoms with Crippen molar-refractivity contribution in [3.63, 3.8) is 0 Å². The molecule has 0 saturated heterocycles. The molecule has 0 saturated carbocycles. The lowest BCUT2D eigenvalue weighted by Crippen LogP contribution is -2.03. The van der Waals surface area contributed by atoms with Crippen molar-refractivity contribution < 1.29 is 13.2 Å². The Kier molecular flexibility index (Phi) is 3.83. The number of rotatable bonds is 3. The largest absolute Gasteiger partial charge is 0.452 e. The van der Waals surface area contributed by atoms with E-state index in [1.165, 1.54) is 12.1 Å². The second kappa shape index (κ2) is 5.18. The van der Waals surface area contributed by atoms with Gasteiger partial charge in [-0.2, -0.15) is 0 Å². The molecule has 17 heavy (non-hydrogen) atoms. The van der Waals surface area contributed by atoms with Crippen LogP contribution >= 0.6 is 31.9 Å². The molecule has 2 nitrogen and oxygen atoms in total. The zero-order valence-corrected chi connectivity index (χ0v) is 11.6. The molecule has 0 aliphatic rings. The van der Waals surface area contributed by atoms with E-state index in [2.05, 4.69) is 37.2 Å². The first-order valence-corrected chi connectivity index (χ1v) is 6.27. The fraction of sp³-hybridized carbons (Fsp3) is 0.0909. The zero-order valence-electron chi connectivity index (χ0n) is 8.44. The van der Waals surface area contributed by atoms with E-state index in [4.69, 9.17) is 4.42 Å². The Morgan fingerprint density at radius 2 is 1.76 bits per heavy atom. The molecule has 0 spiro atoms. The van der Waals surface area contributed by atoms with Crippen LogP contribution in [0.25, 0.3) is 0 Å². The van der Waals surface area contributed by atoms with Crippen LogP contribution in [0.2, 0.25) is 0 Å². The highest BCUT2D eigenvalue weighted by Gasteiger charge is 2.10. The van der Waals surface area contributed by atoms with Crippen molar-refractivity contribution in [1.29, 1.82) is 0 Å². The van der Waals surface area contributed by atoms with Gasteiger partial charge in [0.2, 0.25) is 0 Å². The first-order chi connectivity index (χ1) is 8.06. The van der Waals surface area contributed by atoms with Gasteiger partial charge in [-0.3, -0.25) is 0 Å². The Morgan fingerprint density at radius 1 is 1.12 bits per heavy atom. The number of halogens is 4. The third-order valence-electron chi connectivity index (χ3n) is 2.08. The van der Waals surface area contributed by atoms with Gasteiger partial charge in [0, 0.05) is 4.47 Å². The van der Waals surface area contributed by atoms with Crippen LogP contribution in [-0.4, -0.2) is 0 Å². The Bertz CT molecular complexity index is 519. The minimum atomic E-state index is -0.650. The van der Waals surface area contributed by atoms with Gasteiger partial charge in [-0.05, 0) is 40.2 Å². The molecule has 2 aromatic rings. The van der Waals surface area contributed by atoms with Crippen LogP contribution in [0.15, 0.2) is 37.8 Å². The van der Waals surface area contributed by atoms with Crippen LogP contribution in [0.3, 0.4) is 0 Å². The van der Waals surface area contributed by atoms with Crippen LogP contribution in [0, 0.1) is 11.6 Å². The van der Waals surface area contributed by atoms with Gasteiger partial charge >= 0.3 is 0 Å². The lowest BCUT2D eigenvalue weighted by molar-refractivity contribution is 0.494. The molecule has 1 heterocycles.